The van der Waals surface area contributed by atoms with Crippen LogP contribution in [0.2, 0.25) is 0 Å². The second kappa shape index (κ2) is 10.6. The molecule has 3 rings (SSSR count). The number of aryl methyl sites for hydroxylation is 3. The first-order valence-electron chi connectivity index (χ1n) is 10.8. The number of amides is 1. The van der Waals surface area contributed by atoms with Gasteiger partial charge in [-0.15, -0.1) is 0 Å². The molecule has 34 heavy (non-hydrogen) atoms. The molecule has 1 aromatic carbocycles. The SMILES string of the molecule is CNC(=O)C(c1ccc(C)nc1)N(CCCc1ccc(C(F)(F)F)nc1)c1ccc(F)c(C)c1. The van der Waals surface area contributed by atoms with Crippen molar-refractivity contribution < 1.29 is 22.4 Å². The van der Waals surface area contributed by atoms with Crippen molar-refractivity contribution in [1.29, 1.82) is 0 Å². The molecule has 0 aliphatic rings. The molecule has 2 aromatic heterocycles. The molecule has 1 atom stereocenters. The van der Waals surface area contributed by atoms with Gasteiger partial charge < -0.3 is 10.2 Å². The Hall–Kier alpha value is -3.49. The van der Waals surface area contributed by atoms with Gasteiger partial charge in [0.25, 0.3) is 0 Å². The second-order valence-corrected chi connectivity index (χ2v) is 8.03. The third-order valence-corrected chi connectivity index (χ3v) is 5.51. The molecular formula is C25H26F4N4O. The zero-order valence-corrected chi connectivity index (χ0v) is 19.2. The van der Waals surface area contributed by atoms with E-state index in [0.29, 0.717) is 41.8 Å². The number of carbonyl (C=O) groups is 1. The quantitative estimate of drug-likeness (QED) is 0.457. The van der Waals surface area contributed by atoms with E-state index in [-0.39, 0.29) is 11.7 Å². The van der Waals surface area contributed by atoms with Crippen LogP contribution < -0.4 is 10.2 Å². The van der Waals surface area contributed by atoms with E-state index >= 15 is 0 Å². The maximum absolute atomic E-state index is 14.0. The average Bonchev–Trinajstić information content (AvgIpc) is 2.81. The van der Waals surface area contributed by atoms with E-state index in [4.69, 9.17) is 0 Å². The number of hydrogen-bond acceptors (Lipinski definition) is 4. The van der Waals surface area contributed by atoms with Crippen LogP contribution in [0.1, 0.15) is 40.5 Å². The Bertz CT molecular complexity index is 1120. The highest BCUT2D eigenvalue weighted by Gasteiger charge is 2.32. The van der Waals surface area contributed by atoms with Gasteiger partial charge in [0.05, 0.1) is 0 Å². The van der Waals surface area contributed by atoms with Crippen LogP contribution in [0.5, 0.6) is 0 Å². The summed E-state index contributed by atoms with van der Waals surface area (Å²) in [5.41, 5.74) is 2.27. The summed E-state index contributed by atoms with van der Waals surface area (Å²) < 4.78 is 52.3. The minimum absolute atomic E-state index is 0.260. The molecule has 0 fully saturated rings. The molecule has 1 amide bonds. The monoisotopic (exact) mass is 474 g/mol. The summed E-state index contributed by atoms with van der Waals surface area (Å²) in [6.45, 7) is 3.88. The lowest BCUT2D eigenvalue weighted by Gasteiger charge is -2.33. The lowest BCUT2D eigenvalue weighted by atomic mass is 10.0. The Labute approximate surface area is 195 Å². The number of carbonyl (C=O) groups excluding carboxylic acids is 1. The molecule has 3 aromatic rings. The molecule has 9 heteroatoms. The summed E-state index contributed by atoms with van der Waals surface area (Å²) in [7, 11) is 1.54. The number of halogens is 4. The molecule has 0 radical (unpaired) electrons. The molecule has 180 valence electrons. The first-order valence-corrected chi connectivity index (χ1v) is 10.8. The third-order valence-electron chi connectivity index (χ3n) is 5.51. The molecule has 0 bridgehead atoms. The molecule has 0 saturated heterocycles. The van der Waals surface area contributed by atoms with Crippen molar-refractivity contribution in [1.82, 2.24) is 15.3 Å². The number of anilines is 1. The molecule has 1 N–H and O–H groups in total. The highest BCUT2D eigenvalue weighted by atomic mass is 19.4. The predicted molar refractivity (Wildman–Crippen MR) is 122 cm³/mol. The first kappa shape index (κ1) is 25.1. The largest absolute Gasteiger partial charge is 0.433 e. The Morgan fingerprint density at radius 3 is 2.38 bits per heavy atom. The molecule has 5 nitrogen and oxygen atoms in total. The van der Waals surface area contributed by atoms with Crippen molar-refractivity contribution in [3.63, 3.8) is 0 Å². The minimum atomic E-state index is -4.49. The average molecular weight is 475 g/mol. The van der Waals surface area contributed by atoms with E-state index in [0.717, 1.165) is 11.8 Å². The van der Waals surface area contributed by atoms with Crippen LogP contribution in [0, 0.1) is 19.7 Å². The van der Waals surface area contributed by atoms with E-state index in [1.165, 1.54) is 18.3 Å². The lowest BCUT2D eigenvalue weighted by Crippen LogP contribution is -2.40. The van der Waals surface area contributed by atoms with Crippen LogP contribution in [0.4, 0.5) is 23.2 Å². The fourth-order valence-corrected chi connectivity index (χ4v) is 3.66. The smallest absolute Gasteiger partial charge is 0.357 e. The van der Waals surface area contributed by atoms with E-state index in [1.54, 1.807) is 32.3 Å². The van der Waals surface area contributed by atoms with Crippen LogP contribution in [-0.4, -0.2) is 29.5 Å². The Balaban J connectivity index is 1.89. The van der Waals surface area contributed by atoms with Gasteiger partial charge in [-0.1, -0.05) is 12.1 Å². The Kier molecular flexibility index (Phi) is 7.86. The number of hydrogen-bond donors (Lipinski definition) is 1. The summed E-state index contributed by atoms with van der Waals surface area (Å²) in [6.07, 6.45) is -0.656. The number of pyridine rings is 2. The van der Waals surface area contributed by atoms with Crippen molar-refractivity contribution in [2.24, 2.45) is 0 Å². The van der Waals surface area contributed by atoms with Crippen molar-refractivity contribution in [2.75, 3.05) is 18.5 Å². The maximum atomic E-state index is 14.0. The normalized spacial score (nSPS) is 12.3. The minimum Gasteiger partial charge on any atom is -0.357 e. The van der Waals surface area contributed by atoms with Crippen molar-refractivity contribution >= 4 is 11.6 Å². The van der Waals surface area contributed by atoms with E-state index in [2.05, 4.69) is 15.3 Å². The maximum Gasteiger partial charge on any atom is 0.433 e. The van der Waals surface area contributed by atoms with Gasteiger partial charge in [0, 0.05) is 42.9 Å². The molecule has 0 saturated carbocycles. The first-order chi connectivity index (χ1) is 16.1. The van der Waals surface area contributed by atoms with Crippen LogP contribution >= 0.6 is 0 Å². The number of nitrogens with one attached hydrogen (secondary N) is 1. The van der Waals surface area contributed by atoms with Gasteiger partial charge in [0.2, 0.25) is 5.91 Å². The summed E-state index contributed by atoms with van der Waals surface area (Å²) in [5, 5.41) is 2.68. The number of rotatable bonds is 8. The molecule has 1 unspecified atom stereocenters. The van der Waals surface area contributed by atoms with Crippen molar-refractivity contribution in [3.05, 3.63) is 88.8 Å². The fraction of sp³-hybridized carbons (Fsp3) is 0.320. The van der Waals surface area contributed by atoms with Crippen LogP contribution in [0.15, 0.2) is 54.9 Å². The molecular weight excluding hydrogens is 448 g/mol. The van der Waals surface area contributed by atoms with Gasteiger partial charge >= 0.3 is 6.18 Å². The lowest BCUT2D eigenvalue weighted by molar-refractivity contribution is -0.141. The molecule has 0 aliphatic carbocycles. The summed E-state index contributed by atoms with van der Waals surface area (Å²) >= 11 is 0. The summed E-state index contributed by atoms with van der Waals surface area (Å²) in [5.74, 6) is -0.614. The van der Waals surface area contributed by atoms with Crippen LogP contribution in [0.25, 0.3) is 0 Å². The molecule has 0 spiro atoms. The highest BCUT2D eigenvalue weighted by Crippen LogP contribution is 2.30. The second-order valence-electron chi connectivity index (χ2n) is 8.03. The third kappa shape index (κ3) is 6.09. The van der Waals surface area contributed by atoms with Crippen LogP contribution in [0.3, 0.4) is 0 Å². The number of benzene rings is 1. The number of nitrogens with zero attached hydrogens (tertiary/aromatic N) is 3. The van der Waals surface area contributed by atoms with Crippen molar-refractivity contribution in [2.45, 2.75) is 38.9 Å². The predicted octanol–water partition coefficient (Wildman–Crippen LogP) is 5.18. The summed E-state index contributed by atoms with van der Waals surface area (Å²) in [6, 6.07) is 9.91. The number of likely N-dealkylation sites (N-methyl/N-ethyl adjacent to an activating group) is 1. The zero-order chi connectivity index (χ0) is 24.9. The zero-order valence-electron chi connectivity index (χ0n) is 19.2. The van der Waals surface area contributed by atoms with Gasteiger partial charge in [-0.2, -0.15) is 13.2 Å². The molecule has 2 heterocycles. The van der Waals surface area contributed by atoms with Gasteiger partial charge in [-0.3, -0.25) is 14.8 Å². The fourth-order valence-electron chi connectivity index (χ4n) is 3.66. The van der Waals surface area contributed by atoms with Gasteiger partial charge in [-0.25, -0.2) is 4.39 Å². The van der Waals surface area contributed by atoms with Gasteiger partial charge in [0.1, 0.15) is 17.6 Å². The Morgan fingerprint density at radius 2 is 1.82 bits per heavy atom. The molecule has 0 aliphatic heterocycles. The van der Waals surface area contributed by atoms with Gasteiger partial charge in [0.15, 0.2) is 0 Å². The van der Waals surface area contributed by atoms with Gasteiger partial charge in [-0.05, 0) is 68.1 Å². The highest BCUT2D eigenvalue weighted by molar-refractivity contribution is 5.86. The van der Waals surface area contributed by atoms with E-state index < -0.39 is 17.9 Å². The standard InChI is InChI=1S/C25H26F4N4O/c1-16-13-20(9-10-21(16)26)33(23(24(34)30-3)19-8-6-17(2)31-15-19)12-4-5-18-7-11-22(32-14-18)25(27,28)29/h6-11,13-15,23H,4-5,12H2,1-3H3,(H,30,34). The van der Waals surface area contributed by atoms with Crippen molar-refractivity contribution in [3.8, 4) is 0 Å². The van der Waals surface area contributed by atoms with Crippen LogP contribution in [-0.2, 0) is 17.4 Å². The van der Waals surface area contributed by atoms with E-state index in [1.807, 2.05) is 24.0 Å². The summed E-state index contributed by atoms with van der Waals surface area (Å²) in [4.78, 5) is 22.6. The Morgan fingerprint density at radius 1 is 1.06 bits per heavy atom. The number of aromatic nitrogens is 2. The van der Waals surface area contributed by atoms with E-state index in [9.17, 15) is 22.4 Å². The number of alkyl halides is 3. The topological polar surface area (TPSA) is 58.1 Å².